The van der Waals surface area contributed by atoms with Crippen molar-refractivity contribution in [1.29, 1.82) is 0 Å². The van der Waals surface area contributed by atoms with E-state index in [9.17, 15) is 14.4 Å². The number of rotatable bonds is 3. The van der Waals surface area contributed by atoms with Gasteiger partial charge in [0.15, 0.2) is 0 Å². The molecular formula is C18H22N2O4. The fraction of sp³-hybridized carbons (Fsp3) is 0.500. The van der Waals surface area contributed by atoms with Gasteiger partial charge in [0.25, 0.3) is 0 Å². The van der Waals surface area contributed by atoms with Crippen molar-refractivity contribution in [3.63, 3.8) is 0 Å². The summed E-state index contributed by atoms with van der Waals surface area (Å²) in [5, 5.41) is 3.23. The van der Waals surface area contributed by atoms with Crippen LogP contribution in [0.15, 0.2) is 24.3 Å². The first-order valence-electron chi connectivity index (χ1n) is 8.14. The third-order valence-electron chi connectivity index (χ3n) is 5.14. The molecular weight excluding hydrogens is 308 g/mol. The lowest BCUT2D eigenvalue weighted by Gasteiger charge is -2.28. The van der Waals surface area contributed by atoms with Crippen molar-refractivity contribution in [1.82, 2.24) is 10.2 Å². The first kappa shape index (κ1) is 16.6. The lowest BCUT2D eigenvalue weighted by atomic mass is 9.80. The van der Waals surface area contributed by atoms with Gasteiger partial charge in [0.05, 0.1) is 18.4 Å². The first-order valence-corrected chi connectivity index (χ1v) is 8.14. The average Bonchev–Trinajstić information content (AvgIpc) is 2.99. The van der Waals surface area contributed by atoms with Gasteiger partial charge in [-0.15, -0.1) is 0 Å². The lowest BCUT2D eigenvalue weighted by Crippen LogP contribution is -2.53. The second kappa shape index (κ2) is 5.70. The number of hydrogen-bond donors (Lipinski definition) is 1. The van der Waals surface area contributed by atoms with Crippen molar-refractivity contribution < 1.29 is 19.1 Å². The van der Waals surface area contributed by atoms with Crippen LogP contribution >= 0.6 is 0 Å². The van der Waals surface area contributed by atoms with Crippen LogP contribution in [-0.2, 0) is 19.1 Å². The molecule has 0 bridgehead atoms. The van der Waals surface area contributed by atoms with E-state index in [-0.39, 0.29) is 18.4 Å². The molecule has 0 aliphatic carbocycles. The van der Waals surface area contributed by atoms with Crippen LogP contribution in [0.2, 0.25) is 0 Å². The number of nitrogens with one attached hydrogen (secondary N) is 1. The molecule has 0 spiro atoms. The van der Waals surface area contributed by atoms with Crippen LogP contribution in [0, 0.1) is 18.8 Å². The second-order valence-corrected chi connectivity index (χ2v) is 6.69. The minimum Gasteiger partial charge on any atom is -0.465 e. The van der Waals surface area contributed by atoms with E-state index in [1.165, 1.54) is 7.05 Å². The molecule has 1 aromatic carbocycles. The van der Waals surface area contributed by atoms with Gasteiger partial charge in [-0.2, -0.15) is 0 Å². The number of imide groups is 1. The van der Waals surface area contributed by atoms with E-state index in [1.54, 1.807) is 13.8 Å². The molecule has 0 unspecified atom stereocenters. The maximum Gasteiger partial charge on any atom is 0.326 e. The topological polar surface area (TPSA) is 75.7 Å². The Labute approximate surface area is 141 Å². The summed E-state index contributed by atoms with van der Waals surface area (Å²) in [6.45, 7) is 5.58. The van der Waals surface area contributed by atoms with Gasteiger partial charge >= 0.3 is 5.97 Å². The van der Waals surface area contributed by atoms with Crippen molar-refractivity contribution in [2.45, 2.75) is 32.4 Å². The Hall–Kier alpha value is -2.21. The molecule has 2 fully saturated rings. The molecule has 2 amide bonds. The number of aryl methyl sites for hydroxylation is 1. The number of esters is 1. The molecule has 1 N–H and O–H groups in total. The Bertz CT molecular complexity index is 699. The molecule has 1 aromatic rings. The summed E-state index contributed by atoms with van der Waals surface area (Å²) < 4.78 is 5.18. The number of likely N-dealkylation sites (tertiary alicyclic amines) is 1. The summed E-state index contributed by atoms with van der Waals surface area (Å²) in [5.74, 6) is -2.43. The Kier molecular flexibility index (Phi) is 3.95. The van der Waals surface area contributed by atoms with Gasteiger partial charge in [-0.3, -0.25) is 24.6 Å². The van der Waals surface area contributed by atoms with Gasteiger partial charge in [-0.1, -0.05) is 29.8 Å². The Balaban J connectivity index is 2.06. The fourth-order valence-corrected chi connectivity index (χ4v) is 3.81. The molecule has 0 aromatic heterocycles. The highest BCUT2D eigenvalue weighted by Crippen LogP contribution is 2.48. The Morgan fingerprint density at radius 1 is 1.25 bits per heavy atom. The van der Waals surface area contributed by atoms with Crippen molar-refractivity contribution in [3.8, 4) is 0 Å². The minimum atomic E-state index is -1.21. The van der Waals surface area contributed by atoms with Crippen LogP contribution in [0.25, 0.3) is 0 Å². The highest BCUT2D eigenvalue weighted by molar-refractivity contribution is 6.09. The molecule has 3 rings (SSSR count). The molecule has 6 heteroatoms. The highest BCUT2D eigenvalue weighted by atomic mass is 16.5. The van der Waals surface area contributed by atoms with E-state index in [1.807, 2.05) is 31.2 Å². The molecule has 2 heterocycles. The molecule has 2 saturated heterocycles. The fourth-order valence-electron chi connectivity index (χ4n) is 3.81. The molecule has 4 atom stereocenters. The SMILES string of the molecule is CCOC(=O)[C@]1(C)N[C@@H](c2ccc(C)cc2)[C@H]2C(=O)N(C)C(=O)[C@@H]21. The molecule has 2 aliphatic rings. The van der Waals surface area contributed by atoms with E-state index in [2.05, 4.69) is 5.32 Å². The number of carbonyl (C=O) groups is 3. The van der Waals surface area contributed by atoms with Crippen LogP contribution in [0.3, 0.4) is 0 Å². The van der Waals surface area contributed by atoms with E-state index in [0.29, 0.717) is 0 Å². The van der Waals surface area contributed by atoms with Gasteiger partial charge in [-0.25, -0.2) is 0 Å². The van der Waals surface area contributed by atoms with Crippen molar-refractivity contribution in [2.24, 2.45) is 11.8 Å². The van der Waals surface area contributed by atoms with Crippen LogP contribution in [0.1, 0.15) is 31.0 Å². The Morgan fingerprint density at radius 3 is 2.46 bits per heavy atom. The summed E-state index contributed by atoms with van der Waals surface area (Å²) >= 11 is 0. The third-order valence-corrected chi connectivity index (χ3v) is 5.14. The first-order chi connectivity index (χ1) is 11.3. The van der Waals surface area contributed by atoms with Crippen LogP contribution in [0.4, 0.5) is 0 Å². The minimum absolute atomic E-state index is 0.223. The molecule has 0 radical (unpaired) electrons. The zero-order valence-electron chi connectivity index (χ0n) is 14.3. The monoisotopic (exact) mass is 330 g/mol. The summed E-state index contributed by atoms with van der Waals surface area (Å²) in [5.41, 5.74) is 0.778. The van der Waals surface area contributed by atoms with E-state index < -0.39 is 29.4 Å². The summed E-state index contributed by atoms with van der Waals surface area (Å²) in [6.07, 6.45) is 0. The van der Waals surface area contributed by atoms with Crippen molar-refractivity contribution >= 4 is 17.8 Å². The molecule has 6 nitrogen and oxygen atoms in total. The zero-order chi connectivity index (χ0) is 17.6. The number of amides is 2. The number of hydrogen-bond acceptors (Lipinski definition) is 5. The van der Waals surface area contributed by atoms with Gasteiger partial charge in [0.1, 0.15) is 5.54 Å². The normalized spacial score (nSPS) is 32.2. The van der Waals surface area contributed by atoms with Gasteiger partial charge in [-0.05, 0) is 26.3 Å². The Morgan fingerprint density at radius 2 is 1.88 bits per heavy atom. The van der Waals surface area contributed by atoms with Crippen LogP contribution in [0.5, 0.6) is 0 Å². The standard InChI is InChI=1S/C18H22N2O4/c1-5-24-17(23)18(3)13-12(15(21)20(4)16(13)22)14(19-18)11-8-6-10(2)7-9-11/h6-9,12-14,19H,5H2,1-4H3/t12-,13+,14-,18+/m0/s1. The van der Waals surface area contributed by atoms with E-state index in [0.717, 1.165) is 16.0 Å². The van der Waals surface area contributed by atoms with Gasteiger partial charge in [0, 0.05) is 13.1 Å². The number of carbonyl (C=O) groups excluding carboxylic acids is 3. The maximum atomic E-state index is 12.6. The van der Waals surface area contributed by atoms with Crippen LogP contribution < -0.4 is 5.32 Å². The summed E-state index contributed by atoms with van der Waals surface area (Å²) in [7, 11) is 1.47. The molecule has 128 valence electrons. The summed E-state index contributed by atoms with van der Waals surface area (Å²) in [4.78, 5) is 38.9. The molecule has 24 heavy (non-hydrogen) atoms. The molecule has 2 aliphatic heterocycles. The van der Waals surface area contributed by atoms with E-state index in [4.69, 9.17) is 4.74 Å². The van der Waals surface area contributed by atoms with Crippen molar-refractivity contribution in [2.75, 3.05) is 13.7 Å². The van der Waals surface area contributed by atoms with Gasteiger partial charge in [0.2, 0.25) is 11.8 Å². The van der Waals surface area contributed by atoms with E-state index >= 15 is 0 Å². The lowest BCUT2D eigenvalue weighted by molar-refractivity contribution is -0.155. The van der Waals surface area contributed by atoms with Gasteiger partial charge < -0.3 is 4.74 Å². The second-order valence-electron chi connectivity index (χ2n) is 6.69. The zero-order valence-corrected chi connectivity index (χ0v) is 14.3. The molecule has 0 saturated carbocycles. The smallest absolute Gasteiger partial charge is 0.326 e. The van der Waals surface area contributed by atoms with Crippen LogP contribution in [-0.4, -0.2) is 41.9 Å². The summed E-state index contributed by atoms with van der Waals surface area (Å²) in [6, 6.07) is 7.37. The predicted octanol–water partition coefficient (Wildman–Crippen LogP) is 1.19. The number of benzene rings is 1. The average molecular weight is 330 g/mol. The highest BCUT2D eigenvalue weighted by Gasteiger charge is 2.66. The largest absolute Gasteiger partial charge is 0.465 e. The number of nitrogens with zero attached hydrogens (tertiary/aromatic N) is 1. The number of ether oxygens (including phenoxy) is 1. The number of fused-ring (bicyclic) bond motifs is 1. The third kappa shape index (κ3) is 2.24. The van der Waals surface area contributed by atoms with Crippen molar-refractivity contribution in [3.05, 3.63) is 35.4 Å². The predicted molar refractivity (Wildman–Crippen MR) is 86.9 cm³/mol. The maximum absolute atomic E-state index is 12.6. The quantitative estimate of drug-likeness (QED) is 0.665.